The van der Waals surface area contributed by atoms with Gasteiger partial charge < -0.3 is 19.7 Å². The predicted molar refractivity (Wildman–Crippen MR) is 60.2 cm³/mol. The number of ether oxygens (including phenoxy) is 2. The van der Waals surface area contributed by atoms with Crippen LogP contribution in [-0.4, -0.2) is 35.6 Å². The number of aliphatic hydroxyl groups excluding tert-OH is 2. The Bertz CT molecular complexity index is 162. The number of hydrogen-bond acceptors (Lipinski definition) is 4. The van der Waals surface area contributed by atoms with Crippen LogP contribution in [0.2, 0.25) is 0 Å². The van der Waals surface area contributed by atoms with Crippen molar-refractivity contribution < 1.29 is 19.7 Å². The maximum Gasteiger partial charge on any atom is 0.103 e. The molecule has 2 unspecified atom stereocenters. The average molecular weight is 216 g/mol. The van der Waals surface area contributed by atoms with Crippen molar-refractivity contribution in [3.63, 3.8) is 0 Å². The normalized spacial score (nSPS) is 12.7. The van der Waals surface area contributed by atoms with E-state index in [1.54, 1.807) is 13.0 Å². The van der Waals surface area contributed by atoms with Gasteiger partial charge in [0.15, 0.2) is 0 Å². The van der Waals surface area contributed by atoms with Crippen molar-refractivity contribution in [1.82, 2.24) is 0 Å². The van der Waals surface area contributed by atoms with Crippen LogP contribution in [0.3, 0.4) is 0 Å². The van der Waals surface area contributed by atoms with Crippen molar-refractivity contribution in [2.45, 2.75) is 19.1 Å². The highest BCUT2D eigenvalue weighted by atomic mass is 16.5. The molecule has 0 aliphatic heterocycles. The highest BCUT2D eigenvalue weighted by Crippen LogP contribution is 1.96. The Morgan fingerprint density at radius 2 is 1.80 bits per heavy atom. The molecule has 0 aromatic carbocycles. The largest absolute Gasteiger partial charge is 0.474 e. The van der Waals surface area contributed by atoms with Crippen molar-refractivity contribution in [3.05, 3.63) is 38.3 Å². The van der Waals surface area contributed by atoms with Crippen LogP contribution in [0.1, 0.15) is 6.92 Å². The summed E-state index contributed by atoms with van der Waals surface area (Å²) in [5, 5.41) is 17.4. The van der Waals surface area contributed by atoms with Crippen molar-refractivity contribution in [1.29, 1.82) is 0 Å². The van der Waals surface area contributed by atoms with Crippen LogP contribution >= 0.6 is 0 Å². The van der Waals surface area contributed by atoms with E-state index >= 15 is 0 Å². The second kappa shape index (κ2) is 12.9. The van der Waals surface area contributed by atoms with Crippen LogP contribution in [0.4, 0.5) is 0 Å². The summed E-state index contributed by atoms with van der Waals surface area (Å²) in [6.07, 6.45) is 3.10. The van der Waals surface area contributed by atoms with Gasteiger partial charge in [0.25, 0.3) is 0 Å². The number of aliphatic hydroxyl groups is 2. The lowest BCUT2D eigenvalue weighted by atomic mass is 10.2. The summed E-state index contributed by atoms with van der Waals surface area (Å²) in [7, 11) is 0. The molecule has 0 spiro atoms. The summed E-state index contributed by atoms with van der Waals surface area (Å²) in [4.78, 5) is 0. The quantitative estimate of drug-likeness (QED) is 0.496. The van der Waals surface area contributed by atoms with Gasteiger partial charge in [-0.05, 0) is 6.92 Å². The maximum absolute atomic E-state index is 8.94. The summed E-state index contributed by atoms with van der Waals surface area (Å²) < 4.78 is 9.38. The highest BCUT2D eigenvalue weighted by molar-refractivity contribution is 4.68. The zero-order chi connectivity index (χ0) is 12.1. The predicted octanol–water partition coefficient (Wildman–Crippen LogP) is 1.22. The third-order valence-corrected chi connectivity index (χ3v) is 1.40. The summed E-state index contributed by atoms with van der Waals surface area (Å²) in [5.74, 6) is 0. The van der Waals surface area contributed by atoms with E-state index in [2.05, 4.69) is 24.5 Å². The minimum Gasteiger partial charge on any atom is -0.474 e. The molecule has 2 N–H and O–H groups in total. The Labute approximate surface area is 91.1 Å². The lowest BCUT2D eigenvalue weighted by molar-refractivity contribution is -0.0392. The van der Waals surface area contributed by atoms with Crippen LogP contribution < -0.4 is 0 Å². The highest BCUT2D eigenvalue weighted by Gasteiger charge is 2.11. The molecule has 0 aliphatic carbocycles. The lowest BCUT2D eigenvalue weighted by Crippen LogP contribution is -2.29. The molecule has 0 radical (unpaired) electrons. The lowest BCUT2D eigenvalue weighted by Gasteiger charge is -2.15. The van der Waals surface area contributed by atoms with Crippen molar-refractivity contribution in [2.24, 2.45) is 0 Å². The molecular weight excluding hydrogens is 196 g/mol. The molecule has 88 valence electrons. The smallest absolute Gasteiger partial charge is 0.103 e. The van der Waals surface area contributed by atoms with E-state index in [-0.39, 0.29) is 12.7 Å². The van der Waals surface area contributed by atoms with E-state index in [9.17, 15) is 0 Å². The summed E-state index contributed by atoms with van der Waals surface area (Å²) >= 11 is 0. The first-order valence-electron chi connectivity index (χ1n) is 4.52. The first-order chi connectivity index (χ1) is 7.13. The summed E-state index contributed by atoms with van der Waals surface area (Å²) in [6, 6.07) is 0. The molecule has 4 heteroatoms. The molecular formula is C11H20O4. The number of rotatable bonds is 7. The van der Waals surface area contributed by atoms with Crippen molar-refractivity contribution in [3.8, 4) is 0 Å². The van der Waals surface area contributed by atoms with Gasteiger partial charge in [-0.3, -0.25) is 0 Å². The molecule has 4 nitrogen and oxygen atoms in total. The number of hydrogen-bond donors (Lipinski definition) is 2. The van der Waals surface area contributed by atoms with Gasteiger partial charge >= 0.3 is 0 Å². The minimum atomic E-state index is -0.792. The second-order valence-electron chi connectivity index (χ2n) is 2.55. The maximum atomic E-state index is 8.94. The fraction of sp³-hybridized carbons (Fsp3) is 0.455. The van der Waals surface area contributed by atoms with Crippen LogP contribution in [0.5, 0.6) is 0 Å². The zero-order valence-corrected chi connectivity index (χ0v) is 9.13. The van der Waals surface area contributed by atoms with Gasteiger partial charge in [0.05, 0.1) is 31.8 Å². The van der Waals surface area contributed by atoms with Crippen molar-refractivity contribution >= 4 is 0 Å². The molecule has 0 amide bonds. The van der Waals surface area contributed by atoms with E-state index in [4.69, 9.17) is 14.9 Å². The fourth-order valence-corrected chi connectivity index (χ4v) is 0.547. The van der Waals surface area contributed by atoms with E-state index < -0.39 is 6.10 Å². The molecule has 0 aliphatic rings. The molecule has 0 saturated carbocycles. The monoisotopic (exact) mass is 216 g/mol. The topological polar surface area (TPSA) is 58.9 Å². The van der Waals surface area contributed by atoms with E-state index in [1.807, 2.05) is 0 Å². The van der Waals surface area contributed by atoms with Gasteiger partial charge in [0.2, 0.25) is 0 Å². The fourth-order valence-electron chi connectivity index (χ4n) is 0.547. The molecule has 0 fully saturated rings. The summed E-state index contributed by atoms with van der Waals surface area (Å²) in [6.45, 7) is 11.8. The van der Waals surface area contributed by atoms with Crippen LogP contribution in [0, 0.1) is 0 Å². The molecule has 0 saturated heterocycles. The first kappa shape index (κ1) is 16.3. The summed E-state index contributed by atoms with van der Waals surface area (Å²) in [5.41, 5.74) is 0. The molecule has 2 atom stereocenters. The average Bonchev–Trinajstić information content (AvgIpc) is 2.26. The van der Waals surface area contributed by atoms with Gasteiger partial charge in [-0.15, -0.1) is 6.58 Å². The zero-order valence-electron chi connectivity index (χ0n) is 9.13. The Kier molecular flexibility index (Phi) is 14.0. The SMILES string of the molecule is C=CCOC(C)C(O)CO.C=COC=C. The first-order valence-corrected chi connectivity index (χ1v) is 4.52. The van der Waals surface area contributed by atoms with E-state index in [0.717, 1.165) is 0 Å². The molecule has 0 aromatic heterocycles. The molecule has 0 rings (SSSR count). The Balaban J connectivity index is 0. The minimum absolute atomic E-state index is 0.266. The third-order valence-electron chi connectivity index (χ3n) is 1.40. The molecule has 15 heavy (non-hydrogen) atoms. The third kappa shape index (κ3) is 12.9. The standard InChI is InChI=1S/C7H14O3.C4H6O/c1-3-4-10-6(2)7(9)5-8;1-3-5-4-2/h3,6-9H,1,4-5H2,2H3;3-4H,1-2H2. The van der Waals surface area contributed by atoms with Gasteiger partial charge in [0.1, 0.15) is 6.10 Å². The molecule has 0 heterocycles. The van der Waals surface area contributed by atoms with E-state index in [0.29, 0.717) is 6.61 Å². The van der Waals surface area contributed by atoms with Gasteiger partial charge in [-0.1, -0.05) is 19.2 Å². The van der Waals surface area contributed by atoms with Gasteiger partial charge in [0, 0.05) is 0 Å². The Morgan fingerprint density at radius 1 is 1.27 bits per heavy atom. The molecule has 0 bridgehead atoms. The Hall–Kier alpha value is -1.10. The van der Waals surface area contributed by atoms with Gasteiger partial charge in [-0.25, -0.2) is 0 Å². The second-order valence-corrected chi connectivity index (χ2v) is 2.55. The van der Waals surface area contributed by atoms with Crippen LogP contribution in [-0.2, 0) is 9.47 Å². The molecule has 0 aromatic rings. The Morgan fingerprint density at radius 3 is 2.07 bits per heavy atom. The van der Waals surface area contributed by atoms with Crippen molar-refractivity contribution in [2.75, 3.05) is 13.2 Å². The van der Waals surface area contributed by atoms with Gasteiger partial charge in [-0.2, -0.15) is 0 Å². The van der Waals surface area contributed by atoms with Crippen LogP contribution in [0.15, 0.2) is 38.3 Å². The van der Waals surface area contributed by atoms with Crippen LogP contribution in [0.25, 0.3) is 0 Å². The van der Waals surface area contributed by atoms with E-state index in [1.165, 1.54) is 12.5 Å².